The van der Waals surface area contributed by atoms with Gasteiger partial charge in [-0.05, 0) is 37.3 Å². The van der Waals surface area contributed by atoms with Gasteiger partial charge >= 0.3 is 5.97 Å². The van der Waals surface area contributed by atoms with E-state index < -0.39 is 5.97 Å². The van der Waals surface area contributed by atoms with Gasteiger partial charge in [-0.25, -0.2) is 4.79 Å². The SMILES string of the molecule is COc1ccc(C(C)=O)cc1COC(=O)c1cc(OC)c2c(c1)OCCO2. The van der Waals surface area contributed by atoms with Crippen molar-refractivity contribution in [1.29, 1.82) is 0 Å². The van der Waals surface area contributed by atoms with Gasteiger partial charge in [-0.1, -0.05) is 0 Å². The van der Waals surface area contributed by atoms with Crippen LogP contribution in [0.1, 0.15) is 33.2 Å². The zero-order chi connectivity index (χ0) is 19.4. The fourth-order valence-corrected chi connectivity index (χ4v) is 2.73. The Morgan fingerprint density at radius 1 is 0.963 bits per heavy atom. The van der Waals surface area contributed by atoms with Crippen LogP contribution in [0.15, 0.2) is 30.3 Å². The normalized spacial score (nSPS) is 12.3. The van der Waals surface area contributed by atoms with Crippen LogP contribution in [0, 0.1) is 0 Å². The van der Waals surface area contributed by atoms with Gasteiger partial charge in [-0.2, -0.15) is 0 Å². The molecule has 0 saturated heterocycles. The number of esters is 1. The molecule has 0 N–H and O–H groups in total. The highest BCUT2D eigenvalue weighted by molar-refractivity contribution is 5.94. The third kappa shape index (κ3) is 3.97. The first kappa shape index (κ1) is 18.6. The van der Waals surface area contributed by atoms with Crippen molar-refractivity contribution in [1.82, 2.24) is 0 Å². The van der Waals surface area contributed by atoms with Crippen LogP contribution in [0.5, 0.6) is 23.0 Å². The van der Waals surface area contributed by atoms with Crippen molar-refractivity contribution in [2.24, 2.45) is 0 Å². The Hall–Kier alpha value is -3.22. The Morgan fingerprint density at radius 2 is 1.70 bits per heavy atom. The van der Waals surface area contributed by atoms with E-state index in [1.54, 1.807) is 30.3 Å². The predicted octanol–water partition coefficient (Wildman–Crippen LogP) is 3.03. The molecule has 0 amide bonds. The molecule has 0 saturated carbocycles. The van der Waals surface area contributed by atoms with E-state index in [9.17, 15) is 9.59 Å². The largest absolute Gasteiger partial charge is 0.496 e. The second-order valence-corrected chi connectivity index (χ2v) is 5.86. The van der Waals surface area contributed by atoms with Crippen LogP contribution >= 0.6 is 0 Å². The quantitative estimate of drug-likeness (QED) is 0.569. The molecule has 142 valence electrons. The lowest BCUT2D eigenvalue weighted by Gasteiger charge is -2.21. The van der Waals surface area contributed by atoms with Gasteiger partial charge in [0.2, 0.25) is 5.75 Å². The molecular weight excluding hydrogens is 352 g/mol. The fourth-order valence-electron chi connectivity index (χ4n) is 2.73. The third-order valence-corrected chi connectivity index (χ3v) is 4.11. The molecule has 0 atom stereocenters. The number of ketones is 1. The molecule has 7 nitrogen and oxygen atoms in total. The predicted molar refractivity (Wildman–Crippen MR) is 96.1 cm³/mol. The summed E-state index contributed by atoms with van der Waals surface area (Å²) in [5, 5.41) is 0. The summed E-state index contributed by atoms with van der Waals surface area (Å²) in [5.74, 6) is 1.20. The molecule has 0 fully saturated rings. The molecule has 0 unspecified atom stereocenters. The Labute approximate surface area is 156 Å². The summed E-state index contributed by atoms with van der Waals surface area (Å²) in [7, 11) is 3.00. The molecule has 27 heavy (non-hydrogen) atoms. The van der Waals surface area contributed by atoms with Gasteiger partial charge in [0, 0.05) is 11.1 Å². The second-order valence-electron chi connectivity index (χ2n) is 5.86. The summed E-state index contributed by atoms with van der Waals surface area (Å²) in [6.45, 7) is 2.24. The Bertz CT molecular complexity index is 856. The maximum absolute atomic E-state index is 12.5. The molecular formula is C20H20O7. The van der Waals surface area contributed by atoms with Gasteiger partial charge in [0.25, 0.3) is 0 Å². The first-order chi connectivity index (χ1) is 13.0. The monoisotopic (exact) mass is 372 g/mol. The van der Waals surface area contributed by atoms with Gasteiger partial charge in [-0.3, -0.25) is 4.79 Å². The number of methoxy groups -OCH3 is 2. The summed E-state index contributed by atoms with van der Waals surface area (Å²) in [6, 6.07) is 8.09. The number of Topliss-reactive ketones (excluding diaryl/α,β-unsaturated/α-hetero) is 1. The van der Waals surface area contributed by atoms with Crippen molar-refractivity contribution >= 4 is 11.8 Å². The summed E-state index contributed by atoms with van der Waals surface area (Å²) < 4.78 is 27.0. The molecule has 2 aromatic rings. The molecule has 0 radical (unpaired) electrons. The topological polar surface area (TPSA) is 80.3 Å². The van der Waals surface area contributed by atoms with Gasteiger partial charge in [0.1, 0.15) is 25.6 Å². The lowest BCUT2D eigenvalue weighted by Crippen LogP contribution is -2.17. The van der Waals surface area contributed by atoms with Crippen LogP contribution in [0.25, 0.3) is 0 Å². The molecule has 7 heteroatoms. The average molecular weight is 372 g/mol. The molecule has 1 aliphatic heterocycles. The molecule has 0 bridgehead atoms. The van der Waals surface area contributed by atoms with Gasteiger partial charge in [-0.15, -0.1) is 0 Å². The van der Waals surface area contributed by atoms with Crippen molar-refractivity contribution in [2.75, 3.05) is 27.4 Å². The summed E-state index contributed by atoms with van der Waals surface area (Å²) >= 11 is 0. The zero-order valence-corrected chi connectivity index (χ0v) is 15.4. The summed E-state index contributed by atoms with van der Waals surface area (Å²) in [6.07, 6.45) is 0. The number of rotatable bonds is 6. The first-order valence-electron chi connectivity index (χ1n) is 8.36. The van der Waals surface area contributed by atoms with E-state index in [4.69, 9.17) is 23.7 Å². The Kier molecular flexibility index (Phi) is 5.49. The minimum absolute atomic E-state index is 0.0418. The highest BCUT2D eigenvalue weighted by Gasteiger charge is 2.22. The number of benzene rings is 2. The van der Waals surface area contributed by atoms with Crippen LogP contribution in [0.3, 0.4) is 0 Å². The number of ether oxygens (including phenoxy) is 5. The second kappa shape index (κ2) is 7.99. The Morgan fingerprint density at radius 3 is 2.41 bits per heavy atom. The summed E-state index contributed by atoms with van der Waals surface area (Å²) in [4.78, 5) is 24.1. The van der Waals surface area contributed by atoms with E-state index in [0.717, 1.165) is 0 Å². The van der Waals surface area contributed by atoms with Crippen molar-refractivity contribution in [2.45, 2.75) is 13.5 Å². The number of carbonyl (C=O) groups is 2. The van der Waals surface area contributed by atoms with Crippen LogP contribution in [-0.2, 0) is 11.3 Å². The van der Waals surface area contributed by atoms with E-state index in [1.807, 2.05) is 0 Å². The maximum Gasteiger partial charge on any atom is 0.338 e. The lowest BCUT2D eigenvalue weighted by molar-refractivity contribution is 0.0468. The van der Waals surface area contributed by atoms with Crippen molar-refractivity contribution in [3.63, 3.8) is 0 Å². The molecule has 1 aliphatic rings. The highest BCUT2D eigenvalue weighted by atomic mass is 16.6. The van der Waals surface area contributed by atoms with E-state index in [2.05, 4.69) is 0 Å². The van der Waals surface area contributed by atoms with Crippen LogP contribution < -0.4 is 18.9 Å². The third-order valence-electron chi connectivity index (χ3n) is 4.11. The summed E-state index contributed by atoms with van der Waals surface area (Å²) in [5.41, 5.74) is 1.39. The number of hydrogen-bond donors (Lipinski definition) is 0. The van der Waals surface area contributed by atoms with Crippen molar-refractivity contribution < 1.29 is 33.3 Å². The fraction of sp³-hybridized carbons (Fsp3) is 0.300. The van der Waals surface area contributed by atoms with E-state index >= 15 is 0 Å². The van der Waals surface area contributed by atoms with Crippen molar-refractivity contribution in [3.8, 4) is 23.0 Å². The molecule has 2 aromatic carbocycles. The van der Waals surface area contributed by atoms with Gasteiger partial charge in [0.05, 0.1) is 19.8 Å². The van der Waals surface area contributed by atoms with Crippen LogP contribution in [-0.4, -0.2) is 39.2 Å². The number of hydrogen-bond acceptors (Lipinski definition) is 7. The molecule has 0 spiro atoms. The zero-order valence-electron chi connectivity index (χ0n) is 15.4. The van der Waals surface area contributed by atoms with E-state index in [1.165, 1.54) is 21.1 Å². The number of fused-ring (bicyclic) bond motifs is 1. The number of carbonyl (C=O) groups excluding carboxylic acids is 2. The first-order valence-corrected chi connectivity index (χ1v) is 8.36. The van der Waals surface area contributed by atoms with E-state index in [-0.39, 0.29) is 18.0 Å². The standard InChI is InChI=1S/C20H20O7/c1-12(21)13-4-5-16(23-2)15(8-13)11-27-20(22)14-9-17(24-3)19-18(10-14)25-6-7-26-19/h4-5,8-10H,6-7,11H2,1-3H3. The minimum atomic E-state index is -0.555. The lowest BCUT2D eigenvalue weighted by atomic mass is 10.1. The molecule has 0 aromatic heterocycles. The van der Waals surface area contributed by atoms with Crippen LogP contribution in [0.2, 0.25) is 0 Å². The van der Waals surface area contributed by atoms with E-state index in [0.29, 0.717) is 47.3 Å². The van der Waals surface area contributed by atoms with Crippen LogP contribution in [0.4, 0.5) is 0 Å². The smallest absolute Gasteiger partial charge is 0.338 e. The molecule has 3 rings (SSSR count). The van der Waals surface area contributed by atoms with Crippen molar-refractivity contribution in [3.05, 3.63) is 47.0 Å². The molecule has 1 heterocycles. The van der Waals surface area contributed by atoms with Gasteiger partial charge < -0.3 is 23.7 Å². The minimum Gasteiger partial charge on any atom is -0.496 e. The van der Waals surface area contributed by atoms with Gasteiger partial charge in [0.15, 0.2) is 17.3 Å². The highest BCUT2D eigenvalue weighted by Crippen LogP contribution is 2.40. The average Bonchev–Trinajstić information content (AvgIpc) is 2.70. The molecule has 0 aliphatic carbocycles. The maximum atomic E-state index is 12.5. The Balaban J connectivity index is 1.80.